The van der Waals surface area contributed by atoms with Crippen molar-refractivity contribution < 1.29 is 15.0 Å². The number of ketones is 1. The number of rotatable bonds is 2. The average molecular weight is 203 g/mol. The fourth-order valence-corrected chi connectivity index (χ4v) is 1.35. The van der Waals surface area contributed by atoms with Crippen LogP contribution in [0.15, 0.2) is 36.5 Å². The lowest BCUT2D eigenvalue weighted by atomic mass is 10.1. The summed E-state index contributed by atoms with van der Waals surface area (Å²) in [6.07, 6.45) is 1.63. The number of aromatic nitrogens is 1. The highest BCUT2D eigenvalue weighted by atomic mass is 16.3. The van der Waals surface area contributed by atoms with E-state index in [0.29, 0.717) is 5.69 Å². The van der Waals surface area contributed by atoms with Crippen LogP contribution in [0.5, 0.6) is 11.5 Å². The van der Waals surface area contributed by atoms with Crippen molar-refractivity contribution in [1.82, 2.24) is 4.98 Å². The number of phenolic OH excluding ortho intramolecular Hbond substituents is 2. The molecule has 15 heavy (non-hydrogen) atoms. The fraction of sp³-hybridized carbons (Fsp3) is 0. The van der Waals surface area contributed by atoms with Crippen molar-refractivity contribution in [2.75, 3.05) is 0 Å². The van der Waals surface area contributed by atoms with E-state index in [-0.39, 0.29) is 22.8 Å². The van der Waals surface area contributed by atoms with Crippen LogP contribution in [0.4, 0.5) is 0 Å². The summed E-state index contributed by atoms with van der Waals surface area (Å²) < 4.78 is 0. The Labute approximate surface area is 85.8 Å². The maximum Gasteiger partial charge on any atom is 0.209 e. The summed E-state index contributed by atoms with van der Waals surface area (Å²) in [4.78, 5) is 14.5. The zero-order chi connectivity index (χ0) is 10.8. The molecule has 2 aromatic rings. The summed E-state index contributed by atoms with van der Waals surface area (Å²) >= 11 is 0. The van der Waals surface area contributed by atoms with Gasteiger partial charge in [-0.1, -0.05) is 0 Å². The molecule has 0 radical (unpaired) electrons. The molecule has 4 nitrogen and oxygen atoms in total. The van der Waals surface area contributed by atoms with Crippen LogP contribution >= 0.6 is 0 Å². The molecule has 1 aromatic carbocycles. The normalized spacial score (nSPS) is 10.1. The summed E-state index contributed by atoms with van der Waals surface area (Å²) in [6, 6.07) is 7.12. The second-order valence-corrected chi connectivity index (χ2v) is 3.15. The highest BCUT2D eigenvalue weighted by molar-refractivity contribution is 6.08. The van der Waals surface area contributed by atoms with Crippen molar-refractivity contribution in [3.8, 4) is 11.5 Å². The number of benzene rings is 1. The van der Waals surface area contributed by atoms with Crippen LogP contribution in [0.1, 0.15) is 16.1 Å². The minimum Gasteiger partial charge on any atom is -0.508 e. The Morgan fingerprint density at radius 1 is 1.13 bits per heavy atom. The maximum atomic E-state index is 11.8. The highest BCUT2D eigenvalue weighted by Crippen LogP contribution is 2.21. The predicted octanol–water partition coefficient (Wildman–Crippen LogP) is 1.66. The van der Waals surface area contributed by atoms with Crippen LogP contribution in [0.3, 0.4) is 0 Å². The first kappa shape index (κ1) is 9.33. The Morgan fingerprint density at radius 3 is 2.33 bits per heavy atom. The van der Waals surface area contributed by atoms with E-state index in [0.717, 1.165) is 0 Å². The standard InChI is InChI=1S/C11H9NO3/c13-8-4-7(5-9(14)6-8)11(15)10-2-1-3-12-10/h1-6,12-14H. The molecular weight excluding hydrogens is 194 g/mol. The van der Waals surface area contributed by atoms with Gasteiger partial charge in [0.15, 0.2) is 0 Å². The number of carbonyl (C=O) groups excluding carboxylic acids is 1. The Hall–Kier alpha value is -2.23. The van der Waals surface area contributed by atoms with Crippen LogP contribution in [0.2, 0.25) is 0 Å². The number of carbonyl (C=O) groups is 1. The molecule has 0 aliphatic carbocycles. The number of hydrogen-bond donors (Lipinski definition) is 3. The number of hydrogen-bond acceptors (Lipinski definition) is 3. The van der Waals surface area contributed by atoms with E-state index in [9.17, 15) is 15.0 Å². The van der Waals surface area contributed by atoms with Crippen molar-refractivity contribution in [2.24, 2.45) is 0 Å². The van der Waals surface area contributed by atoms with Crippen LogP contribution in [0, 0.1) is 0 Å². The van der Waals surface area contributed by atoms with Crippen LogP contribution in [-0.4, -0.2) is 21.0 Å². The fourth-order valence-electron chi connectivity index (χ4n) is 1.35. The van der Waals surface area contributed by atoms with Gasteiger partial charge in [-0.3, -0.25) is 4.79 Å². The van der Waals surface area contributed by atoms with Crippen LogP contribution in [-0.2, 0) is 0 Å². The molecule has 0 aliphatic heterocycles. The predicted molar refractivity (Wildman–Crippen MR) is 54.0 cm³/mol. The lowest BCUT2D eigenvalue weighted by molar-refractivity contribution is 0.103. The molecule has 3 N–H and O–H groups in total. The third kappa shape index (κ3) is 1.83. The minimum atomic E-state index is -0.272. The van der Waals surface area contributed by atoms with Gasteiger partial charge in [-0.05, 0) is 24.3 Å². The van der Waals surface area contributed by atoms with Crippen molar-refractivity contribution in [1.29, 1.82) is 0 Å². The molecule has 76 valence electrons. The minimum absolute atomic E-state index is 0.134. The van der Waals surface area contributed by atoms with Crippen molar-refractivity contribution in [3.05, 3.63) is 47.8 Å². The molecule has 0 saturated heterocycles. The highest BCUT2D eigenvalue weighted by Gasteiger charge is 2.11. The third-order valence-corrected chi connectivity index (χ3v) is 2.01. The second-order valence-electron chi connectivity index (χ2n) is 3.15. The van der Waals surface area contributed by atoms with E-state index >= 15 is 0 Å². The van der Waals surface area contributed by atoms with Gasteiger partial charge in [0.1, 0.15) is 11.5 Å². The molecule has 0 aliphatic rings. The summed E-state index contributed by atoms with van der Waals surface area (Å²) in [6.45, 7) is 0. The molecule has 0 bridgehead atoms. The van der Waals surface area contributed by atoms with E-state index in [1.54, 1.807) is 18.3 Å². The van der Waals surface area contributed by atoms with Crippen LogP contribution in [0.25, 0.3) is 0 Å². The molecule has 0 spiro atoms. The Balaban J connectivity index is 2.42. The van der Waals surface area contributed by atoms with Gasteiger partial charge in [-0.2, -0.15) is 0 Å². The number of aromatic amines is 1. The number of nitrogens with one attached hydrogen (secondary N) is 1. The summed E-state index contributed by atoms with van der Waals surface area (Å²) in [7, 11) is 0. The van der Waals surface area contributed by atoms with Gasteiger partial charge in [0.2, 0.25) is 5.78 Å². The smallest absolute Gasteiger partial charge is 0.209 e. The monoisotopic (exact) mass is 203 g/mol. The Morgan fingerprint density at radius 2 is 1.80 bits per heavy atom. The molecular formula is C11H9NO3. The number of H-pyrrole nitrogens is 1. The lowest BCUT2D eigenvalue weighted by Crippen LogP contribution is -2.00. The van der Waals surface area contributed by atoms with E-state index in [4.69, 9.17) is 0 Å². The molecule has 0 saturated carbocycles. The second kappa shape index (κ2) is 3.49. The summed E-state index contributed by atoms with van der Waals surface area (Å²) in [5, 5.41) is 18.4. The molecule has 0 unspecified atom stereocenters. The number of aromatic hydroxyl groups is 2. The molecule has 1 heterocycles. The van der Waals surface area contributed by atoms with Crippen molar-refractivity contribution in [3.63, 3.8) is 0 Å². The van der Waals surface area contributed by atoms with Gasteiger partial charge in [0.25, 0.3) is 0 Å². The average Bonchev–Trinajstić information content (AvgIpc) is 2.67. The third-order valence-electron chi connectivity index (χ3n) is 2.01. The lowest BCUT2D eigenvalue weighted by Gasteiger charge is -2.01. The van der Waals surface area contributed by atoms with Gasteiger partial charge >= 0.3 is 0 Å². The largest absolute Gasteiger partial charge is 0.508 e. The molecule has 2 rings (SSSR count). The van der Waals surface area contributed by atoms with Crippen molar-refractivity contribution >= 4 is 5.78 Å². The zero-order valence-electron chi connectivity index (χ0n) is 7.77. The van der Waals surface area contributed by atoms with Gasteiger partial charge in [-0.15, -0.1) is 0 Å². The van der Waals surface area contributed by atoms with E-state index < -0.39 is 0 Å². The van der Waals surface area contributed by atoms with E-state index in [1.807, 2.05) is 0 Å². The van der Waals surface area contributed by atoms with Gasteiger partial charge in [0.05, 0.1) is 5.69 Å². The first-order chi connectivity index (χ1) is 7.16. The molecule has 0 amide bonds. The molecule has 0 fully saturated rings. The van der Waals surface area contributed by atoms with Crippen LogP contribution < -0.4 is 0 Å². The maximum absolute atomic E-state index is 11.8. The first-order valence-corrected chi connectivity index (χ1v) is 4.38. The topological polar surface area (TPSA) is 73.3 Å². The molecule has 1 aromatic heterocycles. The first-order valence-electron chi connectivity index (χ1n) is 4.38. The summed E-state index contributed by atoms with van der Waals surface area (Å²) in [5.74, 6) is -0.541. The zero-order valence-corrected chi connectivity index (χ0v) is 7.77. The van der Waals surface area contributed by atoms with Gasteiger partial charge < -0.3 is 15.2 Å². The Bertz CT molecular complexity index is 468. The quantitative estimate of drug-likeness (QED) is 0.650. The van der Waals surface area contributed by atoms with Gasteiger partial charge in [0, 0.05) is 17.8 Å². The van der Waals surface area contributed by atoms with E-state index in [2.05, 4.69) is 4.98 Å². The molecule has 0 atom stereocenters. The van der Waals surface area contributed by atoms with Crippen molar-refractivity contribution in [2.45, 2.75) is 0 Å². The van der Waals surface area contributed by atoms with E-state index in [1.165, 1.54) is 18.2 Å². The Kier molecular flexibility index (Phi) is 2.17. The number of phenols is 2. The molecule has 4 heteroatoms. The van der Waals surface area contributed by atoms with Gasteiger partial charge in [-0.25, -0.2) is 0 Å². The SMILES string of the molecule is O=C(c1cc(O)cc(O)c1)c1ccc[nH]1. The summed E-state index contributed by atoms with van der Waals surface area (Å²) in [5.41, 5.74) is 0.662.